The van der Waals surface area contributed by atoms with Gasteiger partial charge in [0.05, 0.1) is 7.11 Å². The predicted octanol–water partition coefficient (Wildman–Crippen LogP) is 2.90. The van der Waals surface area contributed by atoms with E-state index in [-0.39, 0.29) is 5.91 Å². The first-order valence-corrected chi connectivity index (χ1v) is 7.60. The molecule has 2 rings (SSSR count). The van der Waals surface area contributed by atoms with Gasteiger partial charge in [0, 0.05) is 23.5 Å². The lowest BCUT2D eigenvalue weighted by Crippen LogP contribution is -2.23. The van der Waals surface area contributed by atoms with E-state index < -0.39 is 0 Å². The van der Waals surface area contributed by atoms with Crippen LogP contribution in [-0.2, 0) is 6.54 Å². The number of benzene rings is 1. The quantitative estimate of drug-likeness (QED) is 0.861. The molecule has 1 heterocycles. The van der Waals surface area contributed by atoms with Crippen LogP contribution < -0.4 is 15.4 Å². The van der Waals surface area contributed by atoms with E-state index in [9.17, 15) is 4.79 Å². The van der Waals surface area contributed by atoms with Crippen molar-refractivity contribution in [2.45, 2.75) is 26.4 Å². The molecular formula is C15H19N3O2S. The van der Waals surface area contributed by atoms with Gasteiger partial charge in [-0.2, -0.15) is 0 Å². The Labute approximate surface area is 128 Å². The van der Waals surface area contributed by atoms with Gasteiger partial charge < -0.3 is 15.4 Å². The van der Waals surface area contributed by atoms with Gasteiger partial charge in [0.1, 0.15) is 11.4 Å². The van der Waals surface area contributed by atoms with Gasteiger partial charge >= 0.3 is 0 Å². The molecule has 0 spiro atoms. The Morgan fingerprint density at radius 1 is 1.38 bits per heavy atom. The third-order valence-electron chi connectivity index (χ3n) is 2.78. The topological polar surface area (TPSA) is 63.2 Å². The number of anilines is 1. The van der Waals surface area contributed by atoms with Crippen LogP contribution in [0.3, 0.4) is 0 Å². The fourth-order valence-electron chi connectivity index (χ4n) is 1.81. The molecule has 2 aromatic rings. The highest BCUT2D eigenvalue weighted by molar-refractivity contribution is 7.13. The fourth-order valence-corrected chi connectivity index (χ4v) is 2.64. The highest BCUT2D eigenvalue weighted by Crippen LogP contribution is 2.18. The van der Waals surface area contributed by atoms with Gasteiger partial charge in [0.25, 0.3) is 5.91 Å². The first-order valence-electron chi connectivity index (χ1n) is 6.72. The maximum atomic E-state index is 12.1. The summed E-state index contributed by atoms with van der Waals surface area (Å²) in [7, 11) is 1.62. The van der Waals surface area contributed by atoms with E-state index >= 15 is 0 Å². The van der Waals surface area contributed by atoms with Crippen molar-refractivity contribution in [3.63, 3.8) is 0 Å². The first kappa shape index (κ1) is 15.3. The van der Waals surface area contributed by atoms with Gasteiger partial charge in [0.2, 0.25) is 0 Å². The first-order chi connectivity index (χ1) is 10.1. The molecule has 21 heavy (non-hydrogen) atoms. The van der Waals surface area contributed by atoms with E-state index in [4.69, 9.17) is 4.74 Å². The number of carbonyl (C=O) groups is 1. The van der Waals surface area contributed by atoms with Crippen LogP contribution >= 0.6 is 11.3 Å². The van der Waals surface area contributed by atoms with Crippen LogP contribution in [0.4, 0.5) is 5.13 Å². The maximum Gasteiger partial charge on any atom is 0.271 e. The van der Waals surface area contributed by atoms with Crippen LogP contribution in [0.15, 0.2) is 29.6 Å². The number of thiazole rings is 1. The Morgan fingerprint density at radius 2 is 2.14 bits per heavy atom. The lowest BCUT2D eigenvalue weighted by atomic mass is 10.2. The molecule has 0 aliphatic rings. The average Bonchev–Trinajstić information content (AvgIpc) is 2.92. The highest BCUT2D eigenvalue weighted by Gasteiger charge is 2.11. The number of nitrogens with one attached hydrogen (secondary N) is 2. The Kier molecular flexibility index (Phi) is 5.16. The van der Waals surface area contributed by atoms with Gasteiger partial charge in [-0.3, -0.25) is 4.79 Å². The minimum absolute atomic E-state index is 0.186. The Bertz CT molecular complexity index is 610. The smallest absolute Gasteiger partial charge is 0.271 e. The lowest BCUT2D eigenvalue weighted by molar-refractivity contribution is 0.0946. The fraction of sp³-hybridized carbons (Fsp3) is 0.333. The summed E-state index contributed by atoms with van der Waals surface area (Å²) in [5, 5.41) is 8.54. The molecule has 0 atom stereocenters. The summed E-state index contributed by atoms with van der Waals surface area (Å²) in [5.41, 5.74) is 1.36. The van der Waals surface area contributed by atoms with Crippen molar-refractivity contribution in [1.82, 2.24) is 10.3 Å². The zero-order valence-electron chi connectivity index (χ0n) is 12.3. The minimum atomic E-state index is -0.186. The lowest BCUT2D eigenvalue weighted by Gasteiger charge is -2.08. The molecular weight excluding hydrogens is 286 g/mol. The van der Waals surface area contributed by atoms with E-state index in [0.717, 1.165) is 16.4 Å². The zero-order valence-corrected chi connectivity index (χ0v) is 13.2. The van der Waals surface area contributed by atoms with Gasteiger partial charge in [-0.1, -0.05) is 18.2 Å². The van der Waals surface area contributed by atoms with E-state index in [1.165, 1.54) is 11.3 Å². The third-order valence-corrected chi connectivity index (χ3v) is 3.55. The second-order valence-corrected chi connectivity index (χ2v) is 5.69. The number of hydrogen-bond donors (Lipinski definition) is 2. The van der Waals surface area contributed by atoms with Crippen molar-refractivity contribution in [3.05, 3.63) is 40.9 Å². The van der Waals surface area contributed by atoms with Crippen LogP contribution in [-0.4, -0.2) is 24.0 Å². The second kappa shape index (κ2) is 7.08. The van der Waals surface area contributed by atoms with Crippen molar-refractivity contribution in [1.29, 1.82) is 0 Å². The van der Waals surface area contributed by atoms with Crippen LogP contribution in [0.25, 0.3) is 0 Å². The van der Waals surface area contributed by atoms with Crippen molar-refractivity contribution in [3.8, 4) is 5.75 Å². The number of hydrogen-bond acceptors (Lipinski definition) is 5. The van der Waals surface area contributed by atoms with Crippen LogP contribution in [0.5, 0.6) is 5.75 Å². The molecule has 0 saturated heterocycles. The molecule has 2 N–H and O–H groups in total. The summed E-state index contributed by atoms with van der Waals surface area (Å²) >= 11 is 1.43. The Morgan fingerprint density at radius 3 is 2.86 bits per heavy atom. The maximum absolute atomic E-state index is 12.1. The molecule has 1 amide bonds. The summed E-state index contributed by atoms with van der Waals surface area (Å²) < 4.78 is 5.26. The highest BCUT2D eigenvalue weighted by atomic mass is 32.1. The number of aromatic nitrogens is 1. The number of rotatable bonds is 6. The number of ether oxygens (including phenoxy) is 1. The number of nitrogens with zero attached hydrogens (tertiary/aromatic N) is 1. The molecule has 0 bridgehead atoms. The Hall–Kier alpha value is -2.08. The van der Waals surface area contributed by atoms with E-state index in [1.807, 2.05) is 38.1 Å². The van der Waals surface area contributed by atoms with Gasteiger partial charge in [-0.05, 0) is 19.9 Å². The summed E-state index contributed by atoms with van der Waals surface area (Å²) in [6.45, 7) is 4.47. The van der Waals surface area contributed by atoms with Gasteiger partial charge in [-0.15, -0.1) is 11.3 Å². The molecule has 6 heteroatoms. The van der Waals surface area contributed by atoms with Crippen LogP contribution in [0.2, 0.25) is 0 Å². The summed E-state index contributed by atoms with van der Waals surface area (Å²) in [5.74, 6) is 0.576. The number of para-hydroxylation sites is 1. The molecule has 1 aromatic heterocycles. The number of methoxy groups -OCH3 is 1. The molecule has 0 saturated carbocycles. The molecule has 0 aliphatic heterocycles. The normalized spacial score (nSPS) is 10.5. The van der Waals surface area contributed by atoms with E-state index in [1.54, 1.807) is 12.5 Å². The second-order valence-electron chi connectivity index (χ2n) is 4.83. The van der Waals surface area contributed by atoms with Gasteiger partial charge in [-0.25, -0.2) is 4.98 Å². The number of carbonyl (C=O) groups excluding carboxylic acids is 1. The average molecular weight is 305 g/mol. The standard InChI is InChI=1S/C15H19N3O2S/c1-10(2)17-15-18-12(9-21-15)14(19)16-8-11-6-4-5-7-13(11)20-3/h4-7,9-10H,8H2,1-3H3,(H,16,19)(H,17,18). The van der Waals surface area contributed by atoms with E-state index in [0.29, 0.717) is 18.3 Å². The molecule has 0 aliphatic carbocycles. The SMILES string of the molecule is COc1ccccc1CNC(=O)c1csc(NC(C)C)n1. The van der Waals surface area contributed by atoms with Crippen molar-refractivity contribution >= 4 is 22.4 Å². The predicted molar refractivity (Wildman–Crippen MR) is 85.0 cm³/mol. The van der Waals surface area contributed by atoms with Crippen molar-refractivity contribution in [2.75, 3.05) is 12.4 Å². The van der Waals surface area contributed by atoms with Crippen LogP contribution in [0.1, 0.15) is 29.9 Å². The molecule has 0 unspecified atom stereocenters. The monoisotopic (exact) mass is 305 g/mol. The molecule has 112 valence electrons. The molecule has 5 nitrogen and oxygen atoms in total. The number of amides is 1. The van der Waals surface area contributed by atoms with Crippen LogP contribution in [0, 0.1) is 0 Å². The van der Waals surface area contributed by atoms with Crippen molar-refractivity contribution in [2.24, 2.45) is 0 Å². The summed E-state index contributed by atoms with van der Waals surface area (Å²) in [4.78, 5) is 16.4. The summed E-state index contributed by atoms with van der Waals surface area (Å²) in [6.07, 6.45) is 0. The van der Waals surface area contributed by atoms with Gasteiger partial charge in [0.15, 0.2) is 5.13 Å². The van der Waals surface area contributed by atoms with Crippen molar-refractivity contribution < 1.29 is 9.53 Å². The Balaban J connectivity index is 1.97. The van der Waals surface area contributed by atoms with E-state index in [2.05, 4.69) is 15.6 Å². The summed E-state index contributed by atoms with van der Waals surface area (Å²) in [6, 6.07) is 7.90. The largest absolute Gasteiger partial charge is 0.496 e. The molecule has 1 aromatic carbocycles. The zero-order chi connectivity index (χ0) is 15.2. The third kappa shape index (κ3) is 4.19. The molecule has 0 radical (unpaired) electrons. The molecule has 0 fully saturated rings. The minimum Gasteiger partial charge on any atom is -0.496 e.